The Labute approximate surface area is 210 Å². The van der Waals surface area contributed by atoms with Crippen LogP contribution in [0, 0.1) is 13.5 Å². The first-order valence-corrected chi connectivity index (χ1v) is 12.4. The van der Waals surface area contributed by atoms with E-state index in [0.29, 0.717) is 0 Å². The SMILES string of the molecule is [C-]#[N+]C(C)(C)c1cc2cc[n+](C)c3c4c(C)ccc5c6ccc(-c7ccccc7)cc6n(c(c1)c23)c54. The highest BCUT2D eigenvalue weighted by molar-refractivity contribution is 6.26. The quantitative estimate of drug-likeness (QED) is 0.107. The minimum atomic E-state index is -0.604. The van der Waals surface area contributed by atoms with E-state index in [-0.39, 0.29) is 0 Å². The fourth-order valence-corrected chi connectivity index (χ4v) is 5.94. The minimum absolute atomic E-state index is 0.604. The molecule has 0 N–H and O–H groups in total. The maximum Gasteiger partial charge on any atom is 0.252 e. The van der Waals surface area contributed by atoms with Gasteiger partial charge < -0.3 is 9.25 Å². The molecule has 172 valence electrons. The van der Waals surface area contributed by atoms with Crippen molar-refractivity contribution < 1.29 is 4.57 Å². The molecule has 0 aliphatic rings. The molecule has 0 radical (unpaired) electrons. The number of hydrogen-bond donors (Lipinski definition) is 0. The van der Waals surface area contributed by atoms with Gasteiger partial charge in [0, 0.05) is 36.2 Å². The molecule has 3 aromatic heterocycles. The number of aromatic nitrogens is 2. The van der Waals surface area contributed by atoms with Crippen molar-refractivity contribution in [2.75, 3.05) is 0 Å². The van der Waals surface area contributed by atoms with E-state index in [2.05, 4.69) is 113 Å². The molecule has 0 bridgehead atoms. The molecule has 0 unspecified atom stereocenters. The summed E-state index contributed by atoms with van der Waals surface area (Å²) in [5, 5.41) is 6.24. The largest absolute Gasteiger partial charge is 0.307 e. The molecule has 7 rings (SSSR count). The average molecular weight is 465 g/mol. The third-order valence-electron chi connectivity index (χ3n) is 7.92. The van der Waals surface area contributed by atoms with E-state index in [0.717, 1.165) is 11.1 Å². The van der Waals surface area contributed by atoms with Crippen LogP contribution in [0.1, 0.15) is 25.0 Å². The fourth-order valence-electron chi connectivity index (χ4n) is 5.94. The second-order valence-electron chi connectivity index (χ2n) is 10.5. The van der Waals surface area contributed by atoms with Crippen LogP contribution in [0.3, 0.4) is 0 Å². The van der Waals surface area contributed by atoms with Crippen molar-refractivity contribution in [2.45, 2.75) is 26.3 Å². The van der Waals surface area contributed by atoms with Gasteiger partial charge in [-0.1, -0.05) is 54.6 Å². The molecule has 3 heteroatoms. The molecule has 3 nitrogen and oxygen atoms in total. The molecule has 3 heterocycles. The fraction of sp³-hybridized carbons (Fsp3) is 0.152. The van der Waals surface area contributed by atoms with Crippen molar-refractivity contribution in [3.8, 4) is 11.1 Å². The van der Waals surface area contributed by atoms with Gasteiger partial charge in [0.1, 0.15) is 7.05 Å². The number of nitrogens with zero attached hydrogens (tertiary/aromatic N) is 3. The van der Waals surface area contributed by atoms with Crippen LogP contribution in [0.15, 0.2) is 85.1 Å². The van der Waals surface area contributed by atoms with E-state index in [1.165, 1.54) is 60.2 Å². The summed E-state index contributed by atoms with van der Waals surface area (Å²) in [6.07, 6.45) is 2.15. The smallest absolute Gasteiger partial charge is 0.252 e. The molecule has 36 heavy (non-hydrogen) atoms. The van der Waals surface area contributed by atoms with Crippen molar-refractivity contribution >= 4 is 49.0 Å². The van der Waals surface area contributed by atoms with Gasteiger partial charge in [-0.3, -0.25) is 0 Å². The summed E-state index contributed by atoms with van der Waals surface area (Å²) in [6.45, 7) is 14.1. The summed E-state index contributed by atoms with van der Waals surface area (Å²) in [6, 6.07) is 28.6. The third kappa shape index (κ3) is 2.64. The number of fused-ring (bicyclic) bond motifs is 5. The Hall–Kier alpha value is -4.42. The van der Waals surface area contributed by atoms with Crippen LogP contribution >= 0.6 is 0 Å². The van der Waals surface area contributed by atoms with E-state index in [9.17, 15) is 0 Å². The topological polar surface area (TPSA) is 12.7 Å². The van der Waals surface area contributed by atoms with E-state index >= 15 is 0 Å². The second-order valence-corrected chi connectivity index (χ2v) is 10.5. The van der Waals surface area contributed by atoms with E-state index in [1.807, 2.05) is 13.8 Å². The lowest BCUT2D eigenvalue weighted by Gasteiger charge is -2.17. The van der Waals surface area contributed by atoms with Crippen LogP contribution in [0.25, 0.3) is 65.0 Å². The maximum absolute atomic E-state index is 7.87. The van der Waals surface area contributed by atoms with Crippen molar-refractivity contribution in [3.05, 3.63) is 108 Å². The van der Waals surface area contributed by atoms with Gasteiger partial charge in [-0.2, -0.15) is 0 Å². The predicted molar refractivity (Wildman–Crippen MR) is 150 cm³/mol. The summed E-state index contributed by atoms with van der Waals surface area (Å²) in [7, 11) is 2.14. The van der Waals surface area contributed by atoms with Crippen molar-refractivity contribution in [1.82, 2.24) is 4.40 Å². The summed E-state index contributed by atoms with van der Waals surface area (Å²) >= 11 is 0. The van der Waals surface area contributed by atoms with Gasteiger partial charge in [-0.15, -0.1) is 0 Å². The van der Waals surface area contributed by atoms with Gasteiger partial charge in [0.05, 0.1) is 27.3 Å². The van der Waals surface area contributed by atoms with Gasteiger partial charge >= 0.3 is 0 Å². The minimum Gasteiger partial charge on any atom is -0.307 e. The summed E-state index contributed by atoms with van der Waals surface area (Å²) in [5.41, 5.74) is 9.00. The molecule has 0 amide bonds. The first-order chi connectivity index (χ1) is 17.4. The average Bonchev–Trinajstić information content (AvgIpc) is 3.23. The first-order valence-electron chi connectivity index (χ1n) is 12.4. The Kier molecular flexibility index (Phi) is 4.10. The van der Waals surface area contributed by atoms with Gasteiger partial charge in [0.15, 0.2) is 6.20 Å². The van der Waals surface area contributed by atoms with Crippen LogP contribution in [0.2, 0.25) is 0 Å². The highest BCUT2D eigenvalue weighted by atomic mass is 15.0. The molecule has 0 saturated heterocycles. The molecule has 7 aromatic rings. The Morgan fingerprint density at radius 3 is 2.36 bits per heavy atom. The summed E-state index contributed by atoms with van der Waals surface area (Å²) in [5.74, 6) is 0. The van der Waals surface area contributed by atoms with Crippen LogP contribution in [-0.4, -0.2) is 4.40 Å². The van der Waals surface area contributed by atoms with Crippen LogP contribution in [0.4, 0.5) is 0 Å². The Balaban J connectivity index is 1.79. The van der Waals surface area contributed by atoms with E-state index in [1.54, 1.807) is 0 Å². The maximum atomic E-state index is 7.87. The van der Waals surface area contributed by atoms with Crippen molar-refractivity contribution in [2.24, 2.45) is 7.05 Å². The standard InChI is InChI=1S/C33H26N3/c1-20-11-13-26-25-14-12-22(21-9-7-6-8-10-21)18-27(25)36-28-19-24(33(2,3)34-4)17-23-15-16-35(5)32(30(23)28)29(20)31(26)36/h6-19H,1-3,5H3/q+1. The second kappa shape index (κ2) is 7.06. The highest BCUT2D eigenvalue weighted by Gasteiger charge is 2.30. The molecule has 4 aromatic carbocycles. The van der Waals surface area contributed by atoms with Crippen molar-refractivity contribution in [1.29, 1.82) is 0 Å². The predicted octanol–water partition coefficient (Wildman–Crippen LogP) is 7.94. The molecular weight excluding hydrogens is 438 g/mol. The number of hydrogen-bond acceptors (Lipinski definition) is 0. The van der Waals surface area contributed by atoms with Gasteiger partial charge in [0.2, 0.25) is 5.52 Å². The van der Waals surface area contributed by atoms with Gasteiger partial charge in [-0.05, 0) is 47.2 Å². The number of pyridine rings is 2. The molecule has 0 fully saturated rings. The zero-order valence-corrected chi connectivity index (χ0v) is 20.9. The number of rotatable bonds is 2. The van der Waals surface area contributed by atoms with E-state index < -0.39 is 5.54 Å². The molecule has 0 aliphatic carbocycles. The molecule has 0 spiro atoms. The normalized spacial score (nSPS) is 12.4. The zero-order valence-electron chi connectivity index (χ0n) is 20.9. The van der Waals surface area contributed by atoms with Gasteiger partial charge in [-0.25, -0.2) is 11.1 Å². The third-order valence-corrected chi connectivity index (χ3v) is 7.92. The lowest BCUT2D eigenvalue weighted by atomic mass is 9.91. The molecule has 0 aliphatic heterocycles. The lowest BCUT2D eigenvalue weighted by Crippen LogP contribution is -2.29. The Morgan fingerprint density at radius 1 is 0.806 bits per heavy atom. The lowest BCUT2D eigenvalue weighted by molar-refractivity contribution is -0.643. The Morgan fingerprint density at radius 2 is 1.58 bits per heavy atom. The monoisotopic (exact) mass is 464 g/mol. The number of benzene rings is 4. The molecular formula is C33H26N3+. The summed E-state index contributed by atoms with van der Waals surface area (Å²) in [4.78, 5) is 3.98. The van der Waals surface area contributed by atoms with Crippen LogP contribution in [-0.2, 0) is 12.6 Å². The van der Waals surface area contributed by atoms with Crippen LogP contribution in [0.5, 0.6) is 0 Å². The Bertz CT molecular complexity index is 2040. The summed E-state index contributed by atoms with van der Waals surface area (Å²) < 4.78 is 4.71. The highest BCUT2D eigenvalue weighted by Crippen LogP contribution is 2.43. The van der Waals surface area contributed by atoms with E-state index in [4.69, 9.17) is 6.57 Å². The first kappa shape index (κ1) is 20.9. The zero-order chi connectivity index (χ0) is 24.8. The molecule has 0 saturated carbocycles. The number of aryl methyl sites for hydroxylation is 2. The van der Waals surface area contributed by atoms with Crippen molar-refractivity contribution in [3.63, 3.8) is 0 Å². The van der Waals surface area contributed by atoms with Crippen LogP contribution < -0.4 is 4.57 Å². The molecule has 0 atom stereocenters. The van der Waals surface area contributed by atoms with Gasteiger partial charge in [0.25, 0.3) is 5.54 Å².